The second-order valence-corrected chi connectivity index (χ2v) is 5.22. The number of nitrogens with one attached hydrogen (secondary N) is 1. The van der Waals surface area contributed by atoms with Gasteiger partial charge in [0.05, 0.1) is 0 Å². The maximum atomic E-state index is 9.07. The third-order valence-electron chi connectivity index (χ3n) is 3.73. The lowest BCUT2D eigenvalue weighted by Crippen LogP contribution is -2.03. The number of rotatable bonds is 3. The van der Waals surface area contributed by atoms with Crippen LogP contribution in [0.1, 0.15) is 24.8 Å². The van der Waals surface area contributed by atoms with Crippen LogP contribution in [0.2, 0.25) is 0 Å². The van der Waals surface area contributed by atoms with E-state index in [1.165, 1.54) is 0 Å². The molecule has 1 N–H and O–H groups in total. The van der Waals surface area contributed by atoms with Gasteiger partial charge in [-0.15, -0.1) is 0 Å². The van der Waals surface area contributed by atoms with Crippen LogP contribution in [-0.4, -0.2) is 5.87 Å². The predicted molar refractivity (Wildman–Crippen MR) is 91.5 cm³/mol. The first-order valence-corrected chi connectivity index (χ1v) is 7.44. The molecule has 1 aromatic carbocycles. The van der Waals surface area contributed by atoms with Gasteiger partial charge in [0.2, 0.25) is 0 Å². The lowest BCUT2D eigenvalue weighted by Gasteiger charge is -2.22. The number of nitriles is 3. The average molecular weight is 310 g/mol. The molecule has 0 fully saturated rings. The van der Waals surface area contributed by atoms with Crippen LogP contribution in [0.25, 0.3) is 5.57 Å². The van der Waals surface area contributed by atoms with Crippen LogP contribution in [-0.2, 0) is 0 Å². The molecule has 0 atom stereocenters. The first-order chi connectivity index (χ1) is 11.7. The lowest BCUT2D eigenvalue weighted by molar-refractivity contribution is 0.805. The summed E-state index contributed by atoms with van der Waals surface area (Å²) in [6.07, 6.45) is 5.67. The van der Waals surface area contributed by atoms with Crippen LogP contribution >= 0.6 is 0 Å². The fourth-order valence-electron chi connectivity index (χ4n) is 2.72. The molecule has 1 aliphatic rings. The van der Waals surface area contributed by atoms with Gasteiger partial charge in [-0.1, -0.05) is 30.3 Å². The molecule has 0 saturated heterocycles. The zero-order chi connectivity index (χ0) is 17.4. The molecule has 1 aliphatic carbocycles. The summed E-state index contributed by atoms with van der Waals surface area (Å²) in [7, 11) is 0. The summed E-state index contributed by atoms with van der Waals surface area (Å²) in [4.78, 5) is 0. The van der Waals surface area contributed by atoms with Gasteiger partial charge in [0.25, 0.3) is 0 Å². The van der Waals surface area contributed by atoms with Gasteiger partial charge in [0.15, 0.2) is 0 Å². The zero-order valence-electron chi connectivity index (χ0n) is 13.0. The molecular formula is C20H14N4. The highest BCUT2D eigenvalue weighted by atomic mass is 14.3. The highest BCUT2D eigenvalue weighted by Crippen LogP contribution is 2.38. The zero-order valence-corrected chi connectivity index (χ0v) is 13.0. The van der Waals surface area contributed by atoms with E-state index in [1.807, 2.05) is 48.5 Å². The van der Waals surface area contributed by atoms with Gasteiger partial charge in [-0.25, -0.2) is 0 Å². The monoisotopic (exact) mass is 310 g/mol. The van der Waals surface area contributed by atoms with Crippen LogP contribution in [0.4, 0.5) is 0 Å². The van der Waals surface area contributed by atoms with Gasteiger partial charge in [0, 0.05) is 0 Å². The lowest BCUT2D eigenvalue weighted by atomic mass is 9.82. The van der Waals surface area contributed by atoms with Gasteiger partial charge >= 0.3 is 0 Å². The van der Waals surface area contributed by atoms with E-state index < -0.39 is 0 Å². The summed E-state index contributed by atoms with van der Waals surface area (Å²) in [5.74, 6) is 2.14. The fraction of sp³-hybridized carbons (Fsp3) is 0.150. The largest absolute Gasteiger partial charge is 0.258 e. The summed E-state index contributed by atoms with van der Waals surface area (Å²) in [5.41, 5.74) is 3.93. The second-order valence-electron chi connectivity index (χ2n) is 5.22. The Bertz CT molecular complexity index is 887. The molecule has 24 heavy (non-hydrogen) atoms. The van der Waals surface area contributed by atoms with E-state index in [1.54, 1.807) is 12.2 Å². The molecule has 0 aliphatic heterocycles. The summed E-state index contributed by atoms with van der Waals surface area (Å²) >= 11 is 0. The second kappa shape index (κ2) is 8.11. The van der Waals surface area contributed by atoms with Gasteiger partial charge in [-0.05, 0) is 59.6 Å². The average Bonchev–Trinajstić information content (AvgIpc) is 2.64. The number of benzene rings is 1. The van der Waals surface area contributed by atoms with Crippen molar-refractivity contribution in [2.24, 2.45) is 0 Å². The molecule has 0 radical (unpaired) electrons. The Labute approximate surface area is 141 Å². The van der Waals surface area contributed by atoms with Gasteiger partial charge < -0.3 is 0 Å². The third-order valence-corrected chi connectivity index (χ3v) is 3.73. The van der Waals surface area contributed by atoms with Gasteiger partial charge in [0.1, 0.15) is 29.4 Å². The maximum Gasteiger partial charge on any atom is 0.129 e. The summed E-state index contributed by atoms with van der Waals surface area (Å²) in [5, 5.41) is 34.4. The Kier molecular flexibility index (Phi) is 5.65. The minimum Gasteiger partial charge on any atom is -0.258 e. The van der Waals surface area contributed by atoms with Crippen molar-refractivity contribution in [2.75, 3.05) is 0 Å². The van der Waals surface area contributed by atoms with E-state index >= 15 is 0 Å². The van der Waals surface area contributed by atoms with Crippen molar-refractivity contribution in [1.29, 1.82) is 21.2 Å². The molecule has 0 heterocycles. The molecule has 4 nitrogen and oxygen atoms in total. The maximum absolute atomic E-state index is 9.07. The van der Waals surface area contributed by atoms with E-state index in [-0.39, 0.29) is 11.1 Å². The first kappa shape index (κ1) is 16.7. The first-order valence-electron chi connectivity index (χ1n) is 7.44. The molecule has 114 valence electrons. The van der Waals surface area contributed by atoms with Crippen molar-refractivity contribution in [1.82, 2.24) is 0 Å². The molecule has 0 spiro atoms. The van der Waals surface area contributed by atoms with E-state index in [0.29, 0.717) is 0 Å². The Morgan fingerprint density at radius 2 is 1.71 bits per heavy atom. The third kappa shape index (κ3) is 3.76. The topological polar surface area (TPSA) is 95.2 Å². The highest BCUT2D eigenvalue weighted by molar-refractivity contribution is 5.86. The van der Waals surface area contributed by atoms with Crippen LogP contribution in [0.3, 0.4) is 0 Å². The molecule has 0 amide bonds. The predicted octanol–water partition coefficient (Wildman–Crippen LogP) is 4.22. The molecule has 0 aromatic heterocycles. The Morgan fingerprint density at radius 3 is 2.29 bits per heavy atom. The summed E-state index contributed by atoms with van der Waals surface area (Å²) in [6, 6.07) is 15.4. The minimum absolute atomic E-state index is 0.0581. The number of hydrogen-bond donors (Lipinski definition) is 1. The van der Waals surface area contributed by atoms with Crippen LogP contribution in [0.15, 0.2) is 64.8 Å². The Morgan fingerprint density at radius 1 is 1.00 bits per heavy atom. The molecular weight excluding hydrogens is 296 g/mol. The molecule has 2 rings (SSSR count). The van der Waals surface area contributed by atoms with Gasteiger partial charge in [-0.3, -0.25) is 5.41 Å². The van der Waals surface area contributed by atoms with Crippen LogP contribution in [0, 0.1) is 39.4 Å². The Balaban J connectivity index is 2.73. The molecule has 0 saturated carbocycles. The van der Waals surface area contributed by atoms with E-state index in [2.05, 4.69) is 5.87 Å². The Hall–Kier alpha value is -3.64. The van der Waals surface area contributed by atoms with Crippen molar-refractivity contribution >= 4 is 11.4 Å². The van der Waals surface area contributed by atoms with E-state index in [4.69, 9.17) is 21.2 Å². The normalized spacial score (nSPS) is 14.8. The summed E-state index contributed by atoms with van der Waals surface area (Å²) in [6.45, 7) is 0. The molecule has 1 aromatic rings. The van der Waals surface area contributed by atoms with Gasteiger partial charge in [-0.2, -0.15) is 15.8 Å². The molecule has 0 bridgehead atoms. The molecule has 4 heteroatoms. The van der Waals surface area contributed by atoms with E-state index in [9.17, 15) is 0 Å². The van der Waals surface area contributed by atoms with Crippen LogP contribution in [0.5, 0.6) is 0 Å². The number of nitrogens with zero attached hydrogens (tertiary/aromatic N) is 3. The highest BCUT2D eigenvalue weighted by Gasteiger charge is 2.19. The van der Waals surface area contributed by atoms with E-state index in [0.717, 1.165) is 41.5 Å². The van der Waals surface area contributed by atoms with Crippen molar-refractivity contribution in [3.63, 3.8) is 0 Å². The van der Waals surface area contributed by atoms with Crippen molar-refractivity contribution in [2.45, 2.75) is 19.3 Å². The quantitative estimate of drug-likeness (QED) is 0.668. The SMILES string of the molecule is N#CC(=C=N)/C=C1\CCCC(C=C(C#N)C#N)=C1c1ccccc1. The standard InChI is InChI=1S/C20H14N4/c21-11-15(12-22)9-18-7-4-8-19(10-16(13-23)14-24)20(18)17-5-2-1-3-6-17/h1-3,5-6,9-10,21H,4,7-8H2/b18-9+. The van der Waals surface area contributed by atoms with Crippen molar-refractivity contribution in [3.8, 4) is 18.2 Å². The number of allylic oxidation sites excluding steroid dienone is 7. The fourth-order valence-corrected chi connectivity index (χ4v) is 2.72. The van der Waals surface area contributed by atoms with Crippen LogP contribution < -0.4 is 0 Å². The summed E-state index contributed by atoms with van der Waals surface area (Å²) < 4.78 is 0. The number of hydrogen-bond acceptors (Lipinski definition) is 4. The van der Waals surface area contributed by atoms with Crippen molar-refractivity contribution in [3.05, 3.63) is 70.3 Å². The minimum atomic E-state index is 0.0581. The smallest absolute Gasteiger partial charge is 0.129 e. The molecule has 0 unspecified atom stereocenters. The van der Waals surface area contributed by atoms with Crippen molar-refractivity contribution < 1.29 is 0 Å².